The van der Waals surface area contributed by atoms with E-state index < -0.39 is 4.92 Å². The van der Waals surface area contributed by atoms with Gasteiger partial charge in [0.15, 0.2) is 0 Å². The van der Waals surface area contributed by atoms with E-state index in [1.54, 1.807) is 43.3 Å². The summed E-state index contributed by atoms with van der Waals surface area (Å²) < 4.78 is 5.05. The van der Waals surface area contributed by atoms with E-state index >= 15 is 0 Å². The summed E-state index contributed by atoms with van der Waals surface area (Å²) in [6.45, 7) is 2.34. The fourth-order valence-corrected chi connectivity index (χ4v) is 2.41. The molecular weight excluding hydrogens is 308 g/mol. The molecule has 6 heteroatoms. The molecule has 0 N–H and O–H groups in total. The molecule has 0 bridgehead atoms. The average Bonchev–Trinajstić information content (AvgIpc) is 2.61. The fraction of sp³-hybridized carbons (Fsp3) is 0.278. The van der Waals surface area contributed by atoms with Gasteiger partial charge in [0, 0.05) is 31.9 Å². The molecule has 0 saturated carbocycles. The van der Waals surface area contributed by atoms with Gasteiger partial charge in [-0.3, -0.25) is 14.9 Å². The second-order valence-corrected chi connectivity index (χ2v) is 5.57. The number of ether oxygens (including phenoxy) is 1. The molecule has 0 unspecified atom stereocenters. The number of carbonyl (C=O) groups is 1. The number of nitrogens with zero attached hydrogens (tertiary/aromatic N) is 2. The highest BCUT2D eigenvalue weighted by Crippen LogP contribution is 2.24. The molecule has 0 heterocycles. The summed E-state index contributed by atoms with van der Waals surface area (Å²) in [5.74, 6) is -0.141. The molecule has 6 nitrogen and oxygen atoms in total. The summed E-state index contributed by atoms with van der Waals surface area (Å²) in [7, 11) is 3.31. The predicted octanol–water partition coefficient (Wildman–Crippen LogP) is 3.57. The van der Waals surface area contributed by atoms with Crippen molar-refractivity contribution in [3.05, 3.63) is 75.3 Å². The molecular formula is C18H20N2O4. The summed E-state index contributed by atoms with van der Waals surface area (Å²) in [5, 5.41) is 10.9. The Kier molecular flexibility index (Phi) is 5.65. The lowest BCUT2D eigenvalue weighted by atomic mass is 10.0. The van der Waals surface area contributed by atoms with Gasteiger partial charge in [-0.2, -0.15) is 0 Å². The van der Waals surface area contributed by atoms with Crippen LogP contribution in [0.1, 0.15) is 34.5 Å². The van der Waals surface area contributed by atoms with Crippen molar-refractivity contribution in [2.45, 2.75) is 19.6 Å². The van der Waals surface area contributed by atoms with Crippen molar-refractivity contribution < 1.29 is 14.5 Å². The number of benzene rings is 2. The highest BCUT2D eigenvalue weighted by Gasteiger charge is 2.20. The Balaban J connectivity index is 2.17. The molecule has 0 spiro atoms. The first-order valence-electron chi connectivity index (χ1n) is 7.53. The maximum Gasteiger partial charge on any atom is 0.269 e. The van der Waals surface area contributed by atoms with E-state index in [1.807, 2.05) is 19.1 Å². The second-order valence-electron chi connectivity index (χ2n) is 5.57. The van der Waals surface area contributed by atoms with Crippen molar-refractivity contribution in [2.75, 3.05) is 14.2 Å². The van der Waals surface area contributed by atoms with E-state index in [-0.39, 0.29) is 17.6 Å². The van der Waals surface area contributed by atoms with Crippen LogP contribution >= 0.6 is 0 Å². The van der Waals surface area contributed by atoms with E-state index in [4.69, 9.17) is 4.74 Å². The van der Waals surface area contributed by atoms with E-state index in [0.717, 1.165) is 11.1 Å². The Morgan fingerprint density at radius 1 is 1.25 bits per heavy atom. The van der Waals surface area contributed by atoms with Gasteiger partial charge < -0.3 is 9.64 Å². The first kappa shape index (κ1) is 17.6. The predicted molar refractivity (Wildman–Crippen MR) is 90.8 cm³/mol. The van der Waals surface area contributed by atoms with Crippen molar-refractivity contribution in [3.63, 3.8) is 0 Å². The van der Waals surface area contributed by atoms with Crippen LogP contribution in [-0.4, -0.2) is 29.9 Å². The van der Waals surface area contributed by atoms with Gasteiger partial charge in [0.1, 0.15) is 0 Å². The number of rotatable bonds is 6. The van der Waals surface area contributed by atoms with Crippen LogP contribution in [-0.2, 0) is 11.3 Å². The zero-order valence-electron chi connectivity index (χ0n) is 13.9. The molecule has 1 amide bonds. The fourth-order valence-electron chi connectivity index (χ4n) is 2.41. The Hall–Kier alpha value is -2.73. The summed E-state index contributed by atoms with van der Waals surface area (Å²) >= 11 is 0. The standard InChI is InChI=1S/C18H20N2O4/c1-13(16-5-4-6-17(11-16)20(22)23)19(2)18(21)15-9-7-14(8-10-15)12-24-3/h4-11,13H,12H2,1-3H3/t13-/m0/s1. The van der Waals surface area contributed by atoms with Gasteiger partial charge in [0.25, 0.3) is 11.6 Å². The molecule has 2 aromatic rings. The molecule has 126 valence electrons. The summed E-state index contributed by atoms with van der Waals surface area (Å²) in [5.41, 5.74) is 2.29. The maximum atomic E-state index is 12.6. The molecule has 1 atom stereocenters. The first-order valence-corrected chi connectivity index (χ1v) is 7.53. The number of nitro groups is 1. The van der Waals surface area contributed by atoms with Crippen LogP contribution in [0.3, 0.4) is 0 Å². The minimum atomic E-state index is -0.438. The van der Waals surface area contributed by atoms with Crippen LogP contribution in [0.2, 0.25) is 0 Å². The number of carbonyl (C=O) groups excluding carboxylic acids is 1. The maximum absolute atomic E-state index is 12.6. The third-order valence-corrected chi connectivity index (χ3v) is 3.98. The normalized spacial score (nSPS) is 11.8. The Bertz CT molecular complexity index is 728. The van der Waals surface area contributed by atoms with Gasteiger partial charge in [0.05, 0.1) is 17.6 Å². The monoisotopic (exact) mass is 328 g/mol. The van der Waals surface area contributed by atoms with Crippen LogP contribution in [0, 0.1) is 10.1 Å². The second kappa shape index (κ2) is 7.70. The molecule has 0 saturated heterocycles. The molecule has 0 aromatic heterocycles. The molecule has 0 aliphatic heterocycles. The topological polar surface area (TPSA) is 72.7 Å². The van der Waals surface area contributed by atoms with E-state index in [2.05, 4.69) is 0 Å². The van der Waals surface area contributed by atoms with Crippen molar-refractivity contribution in [1.82, 2.24) is 4.90 Å². The summed E-state index contributed by atoms with van der Waals surface area (Å²) in [4.78, 5) is 24.6. The largest absolute Gasteiger partial charge is 0.380 e. The van der Waals surface area contributed by atoms with Crippen LogP contribution in [0.4, 0.5) is 5.69 Å². The van der Waals surface area contributed by atoms with E-state index in [1.165, 1.54) is 12.1 Å². The summed E-state index contributed by atoms with van der Waals surface area (Å²) in [6, 6.07) is 13.3. The van der Waals surface area contributed by atoms with Crippen molar-refractivity contribution in [3.8, 4) is 0 Å². The lowest BCUT2D eigenvalue weighted by Gasteiger charge is -2.25. The number of amides is 1. The number of hydrogen-bond acceptors (Lipinski definition) is 4. The van der Waals surface area contributed by atoms with Crippen molar-refractivity contribution in [2.24, 2.45) is 0 Å². The van der Waals surface area contributed by atoms with Crippen LogP contribution in [0.15, 0.2) is 48.5 Å². The first-order chi connectivity index (χ1) is 11.4. The molecule has 0 radical (unpaired) electrons. The highest BCUT2D eigenvalue weighted by atomic mass is 16.6. The lowest BCUT2D eigenvalue weighted by Crippen LogP contribution is -2.29. The van der Waals surface area contributed by atoms with Crippen molar-refractivity contribution in [1.29, 1.82) is 0 Å². The van der Waals surface area contributed by atoms with Crippen LogP contribution in [0.5, 0.6) is 0 Å². The Labute approximate surface area is 140 Å². The quantitative estimate of drug-likeness (QED) is 0.600. The van der Waals surface area contributed by atoms with Gasteiger partial charge in [0.2, 0.25) is 0 Å². The highest BCUT2D eigenvalue weighted by molar-refractivity contribution is 5.94. The van der Waals surface area contributed by atoms with Gasteiger partial charge in [-0.25, -0.2) is 0 Å². The number of nitro benzene ring substituents is 1. The third-order valence-electron chi connectivity index (χ3n) is 3.98. The minimum absolute atomic E-state index is 0.0177. The van der Waals surface area contributed by atoms with E-state index in [0.29, 0.717) is 12.2 Å². The van der Waals surface area contributed by atoms with Gasteiger partial charge in [-0.05, 0) is 30.2 Å². The Morgan fingerprint density at radius 3 is 2.50 bits per heavy atom. The Morgan fingerprint density at radius 2 is 1.92 bits per heavy atom. The van der Waals surface area contributed by atoms with E-state index in [9.17, 15) is 14.9 Å². The zero-order valence-corrected chi connectivity index (χ0v) is 13.9. The van der Waals surface area contributed by atoms with Crippen LogP contribution in [0.25, 0.3) is 0 Å². The third kappa shape index (κ3) is 3.97. The number of non-ortho nitro benzene ring substituents is 1. The lowest BCUT2D eigenvalue weighted by molar-refractivity contribution is -0.384. The molecule has 2 rings (SSSR count). The molecule has 0 aliphatic rings. The van der Waals surface area contributed by atoms with Crippen LogP contribution < -0.4 is 0 Å². The van der Waals surface area contributed by atoms with Gasteiger partial charge in [-0.15, -0.1) is 0 Å². The molecule has 0 fully saturated rings. The van der Waals surface area contributed by atoms with Gasteiger partial charge >= 0.3 is 0 Å². The van der Waals surface area contributed by atoms with Gasteiger partial charge in [-0.1, -0.05) is 24.3 Å². The molecule has 0 aliphatic carbocycles. The smallest absolute Gasteiger partial charge is 0.269 e. The minimum Gasteiger partial charge on any atom is -0.380 e. The summed E-state index contributed by atoms with van der Waals surface area (Å²) in [6.07, 6.45) is 0. The molecule has 24 heavy (non-hydrogen) atoms. The number of hydrogen-bond donors (Lipinski definition) is 0. The SMILES string of the molecule is COCc1ccc(C(=O)N(C)[C@@H](C)c2cccc([N+](=O)[O-])c2)cc1. The zero-order chi connectivity index (χ0) is 17.7. The average molecular weight is 328 g/mol. The van der Waals surface area contributed by atoms with Crippen molar-refractivity contribution >= 4 is 11.6 Å². The molecule has 2 aromatic carbocycles. The number of methoxy groups -OCH3 is 1.